The summed E-state index contributed by atoms with van der Waals surface area (Å²) in [4.78, 5) is 1.01. The maximum Gasteiger partial charge on any atom is 0.0782 e. The summed E-state index contributed by atoms with van der Waals surface area (Å²) in [5.41, 5.74) is 8.74. The Morgan fingerprint density at radius 3 is 2.90 bits per heavy atom. The number of benzene rings is 2. The zero-order valence-corrected chi connectivity index (χ0v) is 12.9. The van der Waals surface area contributed by atoms with E-state index in [4.69, 9.17) is 28.9 Å². The molecule has 3 rings (SSSR count). The third kappa shape index (κ3) is 2.99. The van der Waals surface area contributed by atoms with E-state index in [1.54, 1.807) is 18.0 Å². The van der Waals surface area contributed by atoms with E-state index >= 15 is 0 Å². The molecular formula is C14H13Cl2N3S. The molecule has 104 valence electrons. The third-order valence-corrected chi connectivity index (χ3v) is 4.75. The lowest BCUT2D eigenvalue weighted by molar-refractivity contribution is 0.493. The summed E-state index contributed by atoms with van der Waals surface area (Å²) < 4.78 is 2.19. The molecule has 6 heteroatoms. The van der Waals surface area contributed by atoms with Gasteiger partial charge in [-0.1, -0.05) is 35.3 Å². The van der Waals surface area contributed by atoms with Crippen molar-refractivity contribution in [3.05, 3.63) is 52.0 Å². The van der Waals surface area contributed by atoms with Gasteiger partial charge >= 0.3 is 0 Å². The molecule has 0 bridgehead atoms. The molecule has 0 aromatic heterocycles. The van der Waals surface area contributed by atoms with Crippen LogP contribution < -0.4 is 11.1 Å². The fourth-order valence-electron chi connectivity index (χ4n) is 2.10. The molecule has 3 nitrogen and oxygen atoms in total. The normalized spacial score (nSPS) is 14.7. The summed E-state index contributed by atoms with van der Waals surface area (Å²) in [6.45, 7) is 1.52. The molecule has 0 unspecified atom stereocenters. The zero-order chi connectivity index (χ0) is 14.1. The Morgan fingerprint density at radius 2 is 2.10 bits per heavy atom. The highest BCUT2D eigenvalue weighted by atomic mass is 35.5. The predicted molar refractivity (Wildman–Crippen MR) is 87.2 cm³/mol. The van der Waals surface area contributed by atoms with Crippen LogP contribution in [0.3, 0.4) is 0 Å². The number of nitrogens with zero attached hydrogens (tertiary/aromatic N) is 1. The molecule has 0 radical (unpaired) electrons. The van der Waals surface area contributed by atoms with Crippen LogP contribution in [0.4, 0.5) is 11.4 Å². The largest absolute Gasteiger partial charge is 0.399 e. The number of anilines is 2. The first-order chi connectivity index (χ1) is 9.61. The van der Waals surface area contributed by atoms with Gasteiger partial charge in [0.1, 0.15) is 0 Å². The summed E-state index contributed by atoms with van der Waals surface area (Å²) in [7, 11) is 0. The maximum atomic E-state index is 6.25. The lowest BCUT2D eigenvalue weighted by atomic mass is 10.2. The van der Waals surface area contributed by atoms with E-state index in [2.05, 4.69) is 15.7 Å². The van der Waals surface area contributed by atoms with E-state index in [1.807, 2.05) is 24.3 Å². The summed E-state index contributed by atoms with van der Waals surface area (Å²) >= 11 is 13.9. The fraction of sp³-hybridized carbons (Fsp3) is 0.143. The van der Waals surface area contributed by atoms with Gasteiger partial charge in [-0.3, -0.25) is 0 Å². The molecule has 1 aliphatic rings. The number of nitrogens with two attached hydrogens (primary N) is 1. The summed E-state index contributed by atoms with van der Waals surface area (Å²) in [5.74, 6) is 0. The van der Waals surface area contributed by atoms with Crippen LogP contribution in [-0.4, -0.2) is 11.0 Å². The summed E-state index contributed by atoms with van der Waals surface area (Å²) in [5, 5.41) is 4.65. The number of nitrogens with one attached hydrogen (secondary N) is 1. The van der Waals surface area contributed by atoms with Crippen molar-refractivity contribution < 1.29 is 0 Å². The van der Waals surface area contributed by atoms with Gasteiger partial charge in [0.25, 0.3) is 0 Å². The Bertz CT molecular complexity index is 648. The molecule has 2 aromatic rings. The maximum absolute atomic E-state index is 6.25. The highest BCUT2D eigenvalue weighted by Crippen LogP contribution is 2.41. The molecular weight excluding hydrogens is 313 g/mol. The number of halogens is 2. The molecule has 0 saturated carbocycles. The van der Waals surface area contributed by atoms with Crippen molar-refractivity contribution in [2.75, 3.05) is 17.7 Å². The van der Waals surface area contributed by atoms with E-state index in [9.17, 15) is 0 Å². The number of rotatable bonds is 2. The Kier molecular flexibility index (Phi) is 3.98. The van der Waals surface area contributed by atoms with Crippen LogP contribution in [0.15, 0.2) is 41.3 Å². The van der Waals surface area contributed by atoms with Crippen LogP contribution in [0.25, 0.3) is 0 Å². The number of nitrogen functional groups attached to an aromatic ring is 1. The van der Waals surface area contributed by atoms with Crippen molar-refractivity contribution in [3.63, 3.8) is 0 Å². The van der Waals surface area contributed by atoms with Crippen LogP contribution in [0, 0.1) is 0 Å². The Labute approximate surface area is 132 Å². The predicted octanol–water partition coefficient (Wildman–Crippen LogP) is 4.47. The van der Waals surface area contributed by atoms with Crippen molar-refractivity contribution in [1.29, 1.82) is 0 Å². The van der Waals surface area contributed by atoms with Gasteiger partial charge in [0.15, 0.2) is 0 Å². The molecule has 0 amide bonds. The van der Waals surface area contributed by atoms with Crippen molar-refractivity contribution >= 4 is 46.5 Å². The second-order valence-corrected chi connectivity index (χ2v) is 6.53. The van der Waals surface area contributed by atoms with Crippen molar-refractivity contribution in [2.24, 2.45) is 0 Å². The van der Waals surface area contributed by atoms with Gasteiger partial charge in [-0.15, -0.1) is 0 Å². The first kappa shape index (κ1) is 13.9. The highest BCUT2D eigenvalue weighted by molar-refractivity contribution is 7.97. The molecule has 1 aliphatic heterocycles. The first-order valence-electron chi connectivity index (χ1n) is 6.12. The average molecular weight is 326 g/mol. The topological polar surface area (TPSA) is 41.3 Å². The smallest absolute Gasteiger partial charge is 0.0782 e. The van der Waals surface area contributed by atoms with Gasteiger partial charge in [-0.05, 0) is 41.8 Å². The molecule has 0 fully saturated rings. The lowest BCUT2D eigenvalue weighted by Gasteiger charge is -2.29. The van der Waals surface area contributed by atoms with Crippen LogP contribution in [0.2, 0.25) is 10.0 Å². The molecule has 0 spiro atoms. The van der Waals surface area contributed by atoms with Crippen molar-refractivity contribution in [2.45, 2.75) is 11.4 Å². The molecule has 1 heterocycles. The van der Waals surface area contributed by atoms with E-state index in [-0.39, 0.29) is 0 Å². The zero-order valence-electron chi connectivity index (χ0n) is 10.6. The van der Waals surface area contributed by atoms with Gasteiger partial charge < -0.3 is 11.1 Å². The van der Waals surface area contributed by atoms with Crippen molar-refractivity contribution in [3.8, 4) is 0 Å². The Morgan fingerprint density at radius 1 is 1.25 bits per heavy atom. The lowest BCUT2D eigenvalue weighted by Crippen LogP contribution is -2.26. The van der Waals surface area contributed by atoms with Crippen LogP contribution in [0.5, 0.6) is 0 Å². The van der Waals surface area contributed by atoms with Gasteiger partial charge in [0.2, 0.25) is 0 Å². The minimum atomic E-state index is 0.645. The van der Waals surface area contributed by atoms with E-state index in [0.29, 0.717) is 10.0 Å². The van der Waals surface area contributed by atoms with E-state index in [1.165, 1.54) is 5.56 Å². The quantitative estimate of drug-likeness (QED) is 0.631. The second-order valence-electron chi connectivity index (χ2n) is 4.58. The van der Waals surface area contributed by atoms with Gasteiger partial charge in [0, 0.05) is 17.3 Å². The van der Waals surface area contributed by atoms with Crippen molar-refractivity contribution in [1.82, 2.24) is 4.31 Å². The molecule has 0 saturated heterocycles. The number of fused-ring (bicyclic) bond motifs is 1. The molecule has 0 atom stereocenters. The first-order valence-corrected chi connectivity index (χ1v) is 7.65. The SMILES string of the molecule is Nc1cccc(CN2CNc3cc(Cl)cc(Cl)c3S2)c1. The number of hydrogen-bond acceptors (Lipinski definition) is 4. The third-order valence-electron chi connectivity index (χ3n) is 2.98. The molecule has 3 N–H and O–H groups in total. The van der Waals surface area contributed by atoms with E-state index in [0.717, 1.165) is 29.5 Å². The van der Waals surface area contributed by atoms with E-state index < -0.39 is 0 Å². The Balaban J connectivity index is 1.79. The average Bonchev–Trinajstić information content (AvgIpc) is 2.39. The summed E-state index contributed by atoms with van der Waals surface area (Å²) in [6, 6.07) is 11.6. The second kappa shape index (κ2) is 5.74. The monoisotopic (exact) mass is 325 g/mol. The standard InChI is InChI=1S/C14H13Cl2N3S/c15-10-5-12(16)14-13(6-10)18-8-19(20-14)7-9-2-1-3-11(17)4-9/h1-6,18H,7-8,17H2. The fourth-order valence-corrected chi connectivity index (χ4v) is 3.68. The number of hydrogen-bond donors (Lipinski definition) is 2. The van der Waals surface area contributed by atoms with Gasteiger partial charge in [-0.25, -0.2) is 4.31 Å². The molecule has 2 aromatic carbocycles. The van der Waals surface area contributed by atoms with Gasteiger partial charge in [0.05, 0.1) is 22.3 Å². The molecule has 20 heavy (non-hydrogen) atoms. The van der Waals surface area contributed by atoms with Crippen LogP contribution in [0.1, 0.15) is 5.56 Å². The minimum absolute atomic E-state index is 0.645. The van der Waals surface area contributed by atoms with Gasteiger partial charge in [-0.2, -0.15) is 0 Å². The Hall–Kier alpha value is -1.07. The highest BCUT2D eigenvalue weighted by Gasteiger charge is 2.20. The van der Waals surface area contributed by atoms with Crippen LogP contribution in [-0.2, 0) is 6.54 Å². The summed E-state index contributed by atoms with van der Waals surface area (Å²) in [6.07, 6.45) is 0. The molecule has 0 aliphatic carbocycles. The van der Waals surface area contributed by atoms with Crippen LogP contribution >= 0.6 is 35.1 Å². The minimum Gasteiger partial charge on any atom is -0.399 e.